The first-order valence-electron chi connectivity index (χ1n) is 11.2. The SMILES string of the molecule is C.COc1ccccc1C(N)=Nc1ccc(C#N)cc1.N#Cc1ccc(N)cc1.[C-]#[N+]c1ccccc1OC. The maximum atomic E-state index is 8.73. The maximum absolute atomic E-state index is 8.73. The number of para-hydroxylation sites is 3. The second kappa shape index (κ2) is 16.8. The predicted molar refractivity (Wildman–Crippen MR) is 156 cm³/mol. The van der Waals surface area contributed by atoms with Gasteiger partial charge in [-0.2, -0.15) is 10.5 Å². The molecule has 0 aliphatic carbocycles. The minimum absolute atomic E-state index is 0. The van der Waals surface area contributed by atoms with Gasteiger partial charge in [-0.15, -0.1) is 0 Å². The zero-order valence-electron chi connectivity index (χ0n) is 21.0. The lowest BCUT2D eigenvalue weighted by Gasteiger charge is -2.07. The Morgan fingerprint density at radius 1 is 0.769 bits per heavy atom. The summed E-state index contributed by atoms with van der Waals surface area (Å²) in [7, 11) is 3.15. The van der Waals surface area contributed by atoms with Crippen LogP contribution in [0.3, 0.4) is 0 Å². The number of hydrogen-bond acceptors (Lipinski definition) is 6. The number of methoxy groups -OCH3 is 2. The molecule has 0 unspecified atom stereocenters. The van der Waals surface area contributed by atoms with Gasteiger partial charge in [0.2, 0.25) is 5.69 Å². The first-order chi connectivity index (χ1) is 18.4. The van der Waals surface area contributed by atoms with Crippen molar-refractivity contribution in [1.29, 1.82) is 10.5 Å². The van der Waals surface area contributed by atoms with E-state index in [1.807, 2.05) is 42.5 Å². The molecule has 4 aromatic carbocycles. The van der Waals surface area contributed by atoms with Crippen LogP contribution in [0.15, 0.2) is 102 Å². The lowest BCUT2D eigenvalue weighted by Crippen LogP contribution is -2.13. The van der Waals surface area contributed by atoms with Gasteiger partial charge in [0.15, 0.2) is 0 Å². The normalized spacial score (nSPS) is 9.36. The summed E-state index contributed by atoms with van der Waals surface area (Å²) in [5.41, 5.74) is 15.3. The molecule has 8 heteroatoms. The fourth-order valence-electron chi connectivity index (χ4n) is 2.95. The first-order valence-corrected chi connectivity index (χ1v) is 11.2. The average Bonchev–Trinajstić information content (AvgIpc) is 2.98. The molecule has 196 valence electrons. The molecular formula is C31H30N6O2. The van der Waals surface area contributed by atoms with Crippen LogP contribution in [0, 0.1) is 29.2 Å². The summed E-state index contributed by atoms with van der Waals surface area (Å²) in [5.74, 6) is 1.69. The van der Waals surface area contributed by atoms with Crippen LogP contribution < -0.4 is 20.9 Å². The standard InChI is InChI=1S/C15H13N3O.C8H7NO.C7H6N2.CH4/c1-19-14-5-3-2-4-13(14)15(17)18-12-8-6-11(10-16)7-9-12;1-9-7-5-3-4-6-8(7)10-2;8-5-6-1-3-7(9)4-2-6;/h2-9H,1H3,(H2,17,18);3-6H,2H3;1-4H,9H2;1H4. The summed E-state index contributed by atoms with van der Waals surface area (Å²) >= 11 is 0. The van der Waals surface area contributed by atoms with Crippen LogP contribution >= 0.6 is 0 Å². The molecule has 39 heavy (non-hydrogen) atoms. The van der Waals surface area contributed by atoms with E-state index >= 15 is 0 Å². The fourth-order valence-corrected chi connectivity index (χ4v) is 2.95. The average molecular weight is 519 g/mol. The maximum Gasteiger partial charge on any atom is 0.228 e. The van der Waals surface area contributed by atoms with Crippen molar-refractivity contribution < 1.29 is 9.47 Å². The van der Waals surface area contributed by atoms with Crippen molar-refractivity contribution in [2.75, 3.05) is 20.0 Å². The third kappa shape index (κ3) is 10.0. The monoisotopic (exact) mass is 518 g/mol. The fraction of sp³-hybridized carbons (Fsp3) is 0.0968. The van der Waals surface area contributed by atoms with Gasteiger partial charge in [0.1, 0.15) is 17.3 Å². The van der Waals surface area contributed by atoms with E-state index in [1.54, 1.807) is 74.9 Å². The molecule has 4 aromatic rings. The zero-order valence-corrected chi connectivity index (χ0v) is 21.0. The zero-order chi connectivity index (χ0) is 27.8. The Morgan fingerprint density at radius 3 is 1.74 bits per heavy atom. The second-order valence-electron chi connectivity index (χ2n) is 7.37. The Balaban J connectivity index is 0.000000321. The molecule has 0 aliphatic heterocycles. The van der Waals surface area contributed by atoms with Crippen molar-refractivity contribution in [2.24, 2.45) is 10.7 Å². The van der Waals surface area contributed by atoms with E-state index in [0.717, 1.165) is 5.56 Å². The van der Waals surface area contributed by atoms with E-state index in [-0.39, 0.29) is 7.43 Å². The van der Waals surface area contributed by atoms with Gasteiger partial charge >= 0.3 is 0 Å². The van der Waals surface area contributed by atoms with Gasteiger partial charge < -0.3 is 20.9 Å². The van der Waals surface area contributed by atoms with Crippen LogP contribution in [0.5, 0.6) is 11.5 Å². The molecule has 0 radical (unpaired) electrons. The van der Waals surface area contributed by atoms with Crippen LogP contribution in [0.4, 0.5) is 17.1 Å². The number of aliphatic imine (C=N–C) groups is 1. The summed E-state index contributed by atoms with van der Waals surface area (Å²) in [4.78, 5) is 7.58. The summed E-state index contributed by atoms with van der Waals surface area (Å²) in [6.45, 7) is 6.73. The van der Waals surface area contributed by atoms with Gasteiger partial charge in [0.05, 0.1) is 55.3 Å². The Bertz CT molecular complexity index is 1480. The van der Waals surface area contributed by atoms with Crippen molar-refractivity contribution in [2.45, 2.75) is 7.43 Å². The number of nitrogens with two attached hydrogens (primary N) is 2. The Morgan fingerprint density at radius 2 is 1.26 bits per heavy atom. The number of nitriles is 2. The first kappa shape index (κ1) is 31.3. The minimum atomic E-state index is 0. The van der Waals surface area contributed by atoms with Crippen LogP contribution in [-0.4, -0.2) is 20.1 Å². The lowest BCUT2D eigenvalue weighted by atomic mass is 10.2. The van der Waals surface area contributed by atoms with E-state index in [9.17, 15) is 0 Å². The van der Waals surface area contributed by atoms with Gasteiger partial charge in [-0.25, -0.2) is 9.84 Å². The van der Waals surface area contributed by atoms with Crippen molar-refractivity contribution in [3.63, 3.8) is 0 Å². The number of amidine groups is 1. The van der Waals surface area contributed by atoms with E-state index < -0.39 is 0 Å². The highest BCUT2D eigenvalue weighted by Crippen LogP contribution is 2.25. The largest absolute Gasteiger partial charge is 0.508 e. The van der Waals surface area contributed by atoms with Crippen LogP contribution in [0.25, 0.3) is 4.85 Å². The number of hydrogen-bond donors (Lipinski definition) is 2. The predicted octanol–water partition coefficient (Wildman–Crippen LogP) is 6.63. The van der Waals surface area contributed by atoms with Crippen molar-refractivity contribution in [1.82, 2.24) is 0 Å². The summed E-state index contributed by atoms with van der Waals surface area (Å²) in [6, 6.07) is 32.3. The van der Waals surface area contributed by atoms with Gasteiger partial charge in [-0.1, -0.05) is 37.8 Å². The molecular weight excluding hydrogens is 488 g/mol. The molecule has 0 aromatic heterocycles. The lowest BCUT2D eigenvalue weighted by molar-refractivity contribution is 0.414. The molecule has 0 fully saturated rings. The van der Waals surface area contributed by atoms with Crippen molar-refractivity contribution >= 4 is 22.9 Å². The number of benzene rings is 4. The third-order valence-corrected chi connectivity index (χ3v) is 4.87. The highest BCUT2D eigenvalue weighted by atomic mass is 16.5. The number of nitrogen functional groups attached to an aromatic ring is 1. The number of ether oxygens (including phenoxy) is 2. The van der Waals surface area contributed by atoms with Crippen LogP contribution in [-0.2, 0) is 0 Å². The Hall–Kier alpha value is -5.78. The van der Waals surface area contributed by atoms with Gasteiger partial charge in [0.25, 0.3) is 0 Å². The van der Waals surface area contributed by atoms with E-state index in [2.05, 4.69) is 15.9 Å². The Kier molecular flexibility index (Phi) is 13.5. The highest BCUT2D eigenvalue weighted by Gasteiger charge is 2.05. The molecule has 8 nitrogen and oxygen atoms in total. The second-order valence-corrected chi connectivity index (χ2v) is 7.37. The molecule has 0 amide bonds. The molecule has 0 saturated heterocycles. The van der Waals surface area contributed by atoms with Crippen molar-refractivity contribution in [3.8, 4) is 23.6 Å². The number of anilines is 1. The quantitative estimate of drug-likeness (QED) is 0.135. The summed E-state index contributed by atoms with van der Waals surface area (Å²) in [5, 5.41) is 17.1. The van der Waals surface area contributed by atoms with E-state index in [4.69, 9.17) is 38.0 Å². The number of rotatable bonds is 4. The third-order valence-electron chi connectivity index (χ3n) is 4.87. The van der Waals surface area contributed by atoms with E-state index in [0.29, 0.717) is 45.5 Å². The van der Waals surface area contributed by atoms with Gasteiger partial charge in [0, 0.05) is 5.69 Å². The molecule has 4 N–H and O–H groups in total. The minimum Gasteiger partial charge on any atom is -0.508 e. The molecule has 0 saturated carbocycles. The Labute approximate surface area is 229 Å². The van der Waals surface area contributed by atoms with Gasteiger partial charge in [-0.3, -0.25) is 0 Å². The smallest absolute Gasteiger partial charge is 0.228 e. The number of nitrogens with zero attached hydrogens (tertiary/aromatic N) is 4. The molecule has 0 atom stereocenters. The van der Waals surface area contributed by atoms with Crippen LogP contribution in [0.1, 0.15) is 24.1 Å². The molecule has 4 rings (SSSR count). The highest BCUT2D eigenvalue weighted by molar-refractivity contribution is 6.01. The molecule has 0 bridgehead atoms. The topological polar surface area (TPSA) is 135 Å². The van der Waals surface area contributed by atoms with Gasteiger partial charge in [-0.05, 0) is 66.7 Å². The van der Waals surface area contributed by atoms with E-state index in [1.165, 1.54) is 0 Å². The molecule has 0 aliphatic rings. The van der Waals surface area contributed by atoms with Crippen LogP contribution in [0.2, 0.25) is 0 Å². The molecule has 0 spiro atoms. The molecule has 0 heterocycles. The summed E-state index contributed by atoms with van der Waals surface area (Å²) in [6.07, 6.45) is 0. The summed E-state index contributed by atoms with van der Waals surface area (Å²) < 4.78 is 10.2. The van der Waals surface area contributed by atoms with Crippen molar-refractivity contribution in [3.05, 3.63) is 125 Å².